The summed E-state index contributed by atoms with van der Waals surface area (Å²) in [7, 11) is 1.52. The number of carbonyl (C=O) groups excluding carboxylic acids is 1. The van der Waals surface area contributed by atoms with Crippen LogP contribution in [0.25, 0.3) is 0 Å². The maximum atomic E-state index is 9.85. The van der Waals surface area contributed by atoms with Gasteiger partial charge < -0.3 is 9.47 Å². The van der Waals surface area contributed by atoms with Crippen LogP contribution in [0.4, 0.5) is 0 Å². The molecule has 0 rings (SSSR count). The molecule has 0 aromatic heterocycles. The average Bonchev–Trinajstić information content (AvgIpc) is 1.87. The summed E-state index contributed by atoms with van der Waals surface area (Å²) >= 11 is 0. The van der Waals surface area contributed by atoms with Gasteiger partial charge in [-0.1, -0.05) is 0 Å². The quantitative estimate of drug-likeness (QED) is 0.521. The minimum Gasteiger partial charge on any atom is -0.356 e. The van der Waals surface area contributed by atoms with Crippen LogP contribution < -0.4 is 0 Å². The molecule has 0 aliphatic heterocycles. The molecule has 0 bridgehead atoms. The first-order valence-electron chi connectivity index (χ1n) is 2.76. The summed E-state index contributed by atoms with van der Waals surface area (Å²) in [5.41, 5.74) is 0. The zero-order valence-corrected chi connectivity index (χ0v) is 5.88. The third kappa shape index (κ3) is 4.12. The second kappa shape index (κ2) is 4.47. The lowest BCUT2D eigenvalue weighted by Crippen LogP contribution is -2.19. The third-order valence-corrected chi connectivity index (χ3v) is 0.894. The highest BCUT2D eigenvalue weighted by molar-refractivity contribution is 5.56. The molecular formula is C6H11O3. The van der Waals surface area contributed by atoms with E-state index in [0.29, 0.717) is 0 Å². The molecular weight excluding hydrogens is 120 g/mol. The smallest absolute Gasteiger partial charge is 0.229 e. The summed E-state index contributed by atoms with van der Waals surface area (Å²) < 4.78 is 9.62. The molecule has 2 atom stereocenters. The van der Waals surface area contributed by atoms with Gasteiger partial charge in [0.1, 0.15) is 6.10 Å². The molecule has 53 valence electrons. The summed E-state index contributed by atoms with van der Waals surface area (Å²) in [5, 5.41) is 0. The fraction of sp³-hybridized carbons (Fsp3) is 0.833. The zero-order chi connectivity index (χ0) is 7.28. The highest BCUT2D eigenvalue weighted by atomic mass is 16.7. The molecule has 0 saturated heterocycles. The van der Waals surface area contributed by atoms with E-state index >= 15 is 0 Å². The molecule has 0 amide bonds. The molecule has 0 aliphatic rings. The van der Waals surface area contributed by atoms with E-state index in [1.54, 1.807) is 20.1 Å². The van der Waals surface area contributed by atoms with Crippen molar-refractivity contribution in [1.29, 1.82) is 0 Å². The van der Waals surface area contributed by atoms with Gasteiger partial charge in [-0.3, -0.25) is 4.79 Å². The summed E-state index contributed by atoms with van der Waals surface area (Å²) in [6, 6.07) is 0. The van der Waals surface area contributed by atoms with Crippen molar-refractivity contribution >= 4 is 6.29 Å². The molecule has 0 heterocycles. The lowest BCUT2D eigenvalue weighted by atomic mass is 10.5. The second-order valence-electron chi connectivity index (χ2n) is 1.70. The fourth-order valence-electron chi connectivity index (χ4n) is 0.371. The van der Waals surface area contributed by atoms with Crippen LogP contribution in [0.2, 0.25) is 0 Å². The number of hydrogen-bond donors (Lipinski definition) is 0. The molecule has 0 N–H and O–H groups in total. The Morgan fingerprint density at radius 2 is 2.00 bits per heavy atom. The van der Waals surface area contributed by atoms with E-state index in [4.69, 9.17) is 9.47 Å². The van der Waals surface area contributed by atoms with Crippen molar-refractivity contribution in [1.82, 2.24) is 0 Å². The van der Waals surface area contributed by atoms with Gasteiger partial charge in [-0.2, -0.15) is 0 Å². The van der Waals surface area contributed by atoms with Crippen LogP contribution in [0.5, 0.6) is 0 Å². The second-order valence-corrected chi connectivity index (χ2v) is 1.70. The summed E-state index contributed by atoms with van der Waals surface area (Å²) in [4.78, 5) is 9.85. The van der Waals surface area contributed by atoms with E-state index in [1.807, 2.05) is 0 Å². The van der Waals surface area contributed by atoms with Crippen molar-refractivity contribution in [3.63, 3.8) is 0 Å². The first-order valence-corrected chi connectivity index (χ1v) is 2.76. The standard InChI is InChI=1S/C6H11O3/c1-5(4-7)9-6(2)8-3/h5-6H,1-3H3. The molecule has 0 fully saturated rings. The van der Waals surface area contributed by atoms with Gasteiger partial charge in [0.25, 0.3) is 0 Å². The predicted octanol–water partition coefficient (Wildman–Crippen LogP) is 0.494. The van der Waals surface area contributed by atoms with Crippen molar-refractivity contribution in [2.45, 2.75) is 26.2 Å². The summed E-state index contributed by atoms with van der Waals surface area (Å²) in [6.07, 6.45) is 0.846. The monoisotopic (exact) mass is 131 g/mol. The molecule has 3 heteroatoms. The van der Waals surface area contributed by atoms with Crippen LogP contribution in [0, 0.1) is 0 Å². The van der Waals surface area contributed by atoms with Crippen LogP contribution in [0.15, 0.2) is 0 Å². The maximum absolute atomic E-state index is 9.85. The first kappa shape index (κ1) is 8.59. The van der Waals surface area contributed by atoms with Crippen LogP contribution in [0.3, 0.4) is 0 Å². The Morgan fingerprint density at radius 1 is 1.44 bits per heavy atom. The largest absolute Gasteiger partial charge is 0.356 e. The van der Waals surface area contributed by atoms with Crippen molar-refractivity contribution in [2.75, 3.05) is 7.11 Å². The Labute approximate surface area is 55.0 Å². The van der Waals surface area contributed by atoms with Gasteiger partial charge in [-0.05, 0) is 13.8 Å². The van der Waals surface area contributed by atoms with Crippen LogP contribution in [-0.4, -0.2) is 25.8 Å². The highest BCUT2D eigenvalue weighted by Crippen LogP contribution is 1.94. The molecule has 0 aliphatic carbocycles. The number of hydrogen-bond acceptors (Lipinski definition) is 3. The van der Waals surface area contributed by atoms with Gasteiger partial charge in [0.2, 0.25) is 6.29 Å². The highest BCUT2D eigenvalue weighted by Gasteiger charge is 2.05. The van der Waals surface area contributed by atoms with Gasteiger partial charge in [-0.15, -0.1) is 0 Å². The van der Waals surface area contributed by atoms with E-state index in [9.17, 15) is 4.79 Å². The Bertz CT molecular complexity index is 82.4. The van der Waals surface area contributed by atoms with Crippen LogP contribution in [-0.2, 0) is 14.3 Å². The van der Waals surface area contributed by atoms with Crippen molar-refractivity contribution in [3.05, 3.63) is 0 Å². The third-order valence-electron chi connectivity index (χ3n) is 0.894. The molecule has 0 saturated carbocycles. The number of methoxy groups -OCH3 is 1. The van der Waals surface area contributed by atoms with E-state index in [2.05, 4.69) is 0 Å². The van der Waals surface area contributed by atoms with Gasteiger partial charge >= 0.3 is 0 Å². The molecule has 2 unspecified atom stereocenters. The Morgan fingerprint density at radius 3 is 2.33 bits per heavy atom. The van der Waals surface area contributed by atoms with E-state index < -0.39 is 6.10 Å². The molecule has 0 aromatic carbocycles. The fourth-order valence-corrected chi connectivity index (χ4v) is 0.371. The summed E-state index contributed by atoms with van der Waals surface area (Å²) in [6.45, 7) is 3.33. The van der Waals surface area contributed by atoms with E-state index in [-0.39, 0.29) is 6.29 Å². The minimum absolute atomic E-state index is 0.332. The average molecular weight is 131 g/mol. The van der Waals surface area contributed by atoms with Gasteiger partial charge in [0, 0.05) is 7.11 Å². The predicted molar refractivity (Wildman–Crippen MR) is 32.7 cm³/mol. The SMILES string of the molecule is COC(C)OC(C)[C]=O. The lowest BCUT2D eigenvalue weighted by Gasteiger charge is -2.11. The summed E-state index contributed by atoms with van der Waals surface area (Å²) in [5.74, 6) is 0. The first-order chi connectivity index (χ1) is 4.20. The van der Waals surface area contributed by atoms with E-state index in [0.717, 1.165) is 0 Å². The molecule has 0 aromatic rings. The maximum Gasteiger partial charge on any atom is 0.229 e. The molecule has 1 radical (unpaired) electrons. The van der Waals surface area contributed by atoms with Crippen LogP contribution >= 0.6 is 0 Å². The molecule has 0 spiro atoms. The Balaban J connectivity index is 3.33. The minimum atomic E-state index is -0.500. The van der Waals surface area contributed by atoms with E-state index in [1.165, 1.54) is 7.11 Å². The Kier molecular flexibility index (Phi) is 4.26. The van der Waals surface area contributed by atoms with Crippen molar-refractivity contribution in [2.24, 2.45) is 0 Å². The van der Waals surface area contributed by atoms with Gasteiger partial charge in [-0.25, -0.2) is 0 Å². The Hall–Kier alpha value is -0.410. The van der Waals surface area contributed by atoms with Crippen molar-refractivity contribution in [3.8, 4) is 0 Å². The number of ether oxygens (including phenoxy) is 2. The molecule has 3 nitrogen and oxygen atoms in total. The lowest BCUT2D eigenvalue weighted by molar-refractivity contribution is -0.122. The molecule has 9 heavy (non-hydrogen) atoms. The van der Waals surface area contributed by atoms with Crippen molar-refractivity contribution < 1.29 is 14.3 Å². The number of rotatable bonds is 4. The van der Waals surface area contributed by atoms with Gasteiger partial charge in [0.15, 0.2) is 6.29 Å². The zero-order valence-electron chi connectivity index (χ0n) is 5.88. The van der Waals surface area contributed by atoms with Gasteiger partial charge in [0.05, 0.1) is 0 Å². The topological polar surface area (TPSA) is 35.5 Å². The normalized spacial score (nSPS) is 16.8. The van der Waals surface area contributed by atoms with Crippen LogP contribution in [0.1, 0.15) is 13.8 Å².